The Bertz CT molecular complexity index is 1960. The number of imidazole rings is 1. The van der Waals surface area contributed by atoms with Crippen LogP contribution in [-0.4, -0.2) is 58.9 Å². The van der Waals surface area contributed by atoms with Crippen LogP contribution in [0, 0.1) is 10.1 Å². The molecule has 45 heavy (non-hydrogen) atoms. The van der Waals surface area contributed by atoms with Crippen molar-refractivity contribution in [3.63, 3.8) is 0 Å². The van der Waals surface area contributed by atoms with E-state index in [0.29, 0.717) is 47.9 Å². The van der Waals surface area contributed by atoms with Gasteiger partial charge in [-0.25, -0.2) is 9.67 Å². The van der Waals surface area contributed by atoms with Crippen LogP contribution in [0.15, 0.2) is 89.6 Å². The minimum Gasteiger partial charge on any atom is -0.487 e. The number of amides is 1. The Kier molecular flexibility index (Phi) is 7.47. The molecule has 1 amide bonds. The minimum atomic E-state index is -0.459. The predicted molar refractivity (Wildman–Crippen MR) is 162 cm³/mol. The van der Waals surface area contributed by atoms with E-state index in [1.54, 1.807) is 23.0 Å². The average Bonchev–Trinajstić information content (AvgIpc) is 3.84. The molecule has 0 unspecified atom stereocenters. The third-order valence-corrected chi connectivity index (χ3v) is 7.91. The van der Waals surface area contributed by atoms with Crippen molar-refractivity contribution in [2.45, 2.75) is 31.9 Å². The van der Waals surface area contributed by atoms with E-state index in [0.717, 1.165) is 35.4 Å². The molecule has 0 spiro atoms. The molecule has 1 saturated heterocycles. The summed E-state index contributed by atoms with van der Waals surface area (Å²) in [6.45, 7) is 1.74. The zero-order chi connectivity index (χ0) is 30.8. The van der Waals surface area contributed by atoms with E-state index in [1.165, 1.54) is 12.1 Å². The van der Waals surface area contributed by atoms with Gasteiger partial charge in [-0.3, -0.25) is 14.9 Å². The molecule has 4 heterocycles. The number of ether oxygens (including phenoxy) is 1. The number of carbonyl (C=O) groups excluding carboxylic acids is 1. The van der Waals surface area contributed by atoms with Crippen LogP contribution in [0.25, 0.3) is 22.4 Å². The van der Waals surface area contributed by atoms with E-state index in [2.05, 4.69) is 20.5 Å². The highest BCUT2D eigenvalue weighted by Crippen LogP contribution is 2.30. The molecule has 3 aromatic heterocycles. The number of para-hydroxylation sites is 1. The number of hydrogen-bond acceptors (Lipinski definition) is 9. The molecule has 1 fully saturated rings. The van der Waals surface area contributed by atoms with E-state index in [4.69, 9.17) is 14.2 Å². The van der Waals surface area contributed by atoms with Crippen molar-refractivity contribution in [3.8, 4) is 17.1 Å². The Hall–Kier alpha value is -5.85. The van der Waals surface area contributed by atoms with E-state index < -0.39 is 4.92 Å². The van der Waals surface area contributed by atoms with Gasteiger partial charge < -0.3 is 19.1 Å². The van der Waals surface area contributed by atoms with Gasteiger partial charge in [0.15, 0.2) is 5.76 Å². The average molecular weight is 605 g/mol. The number of nitrogens with zero attached hydrogens (tertiary/aromatic N) is 7. The molecule has 1 aliphatic rings. The molecule has 13 nitrogen and oxygen atoms in total. The second-order valence-electron chi connectivity index (χ2n) is 10.9. The van der Waals surface area contributed by atoms with Crippen molar-refractivity contribution in [2.24, 2.45) is 0 Å². The van der Waals surface area contributed by atoms with Crippen LogP contribution in [0.2, 0.25) is 0 Å². The van der Waals surface area contributed by atoms with Crippen LogP contribution < -0.4 is 4.74 Å². The number of non-ortho nitro benzene ring substituents is 1. The fourth-order valence-corrected chi connectivity index (χ4v) is 5.54. The van der Waals surface area contributed by atoms with E-state index in [9.17, 15) is 14.9 Å². The first-order valence-corrected chi connectivity index (χ1v) is 14.6. The fraction of sp³-hybridized carbons (Fsp3) is 0.219. The van der Waals surface area contributed by atoms with Gasteiger partial charge in [0.05, 0.1) is 27.9 Å². The molecule has 13 heteroatoms. The normalized spacial score (nSPS) is 13.7. The zero-order valence-electron chi connectivity index (χ0n) is 24.1. The smallest absolute Gasteiger partial charge is 0.269 e. The van der Waals surface area contributed by atoms with Gasteiger partial charge in [0.1, 0.15) is 35.9 Å². The number of aromatic amines is 1. The van der Waals surface area contributed by atoms with E-state index in [1.807, 2.05) is 59.5 Å². The number of benzene rings is 3. The Morgan fingerprint density at radius 2 is 1.84 bits per heavy atom. The highest BCUT2D eigenvalue weighted by Gasteiger charge is 2.28. The molecule has 0 aliphatic carbocycles. The molecular weight excluding hydrogens is 576 g/mol. The molecule has 0 atom stereocenters. The van der Waals surface area contributed by atoms with Gasteiger partial charge in [0.2, 0.25) is 0 Å². The standard InChI is InChI=1S/C32H28N8O5/c41-32(27-7-4-8-28-30(27)34-31(33-28)22-5-2-1-3-6-22)38-15-13-21(14-16-38)29-17-26(45-36-29)19-39-18-23(35-37-39)20-44-25-11-9-24(10-12-25)40(42)43/h1-12,17-18,21H,13-16,19-20H2,(H,33,34). The van der Waals surface area contributed by atoms with Gasteiger partial charge in [-0.15, -0.1) is 5.10 Å². The molecule has 1 aliphatic heterocycles. The van der Waals surface area contributed by atoms with E-state index in [-0.39, 0.29) is 24.1 Å². The lowest BCUT2D eigenvalue weighted by Gasteiger charge is -2.31. The number of carbonyl (C=O) groups is 1. The maximum absolute atomic E-state index is 13.6. The van der Waals surface area contributed by atoms with Gasteiger partial charge in [0, 0.05) is 42.8 Å². The lowest BCUT2D eigenvalue weighted by molar-refractivity contribution is -0.384. The van der Waals surface area contributed by atoms with Gasteiger partial charge in [-0.2, -0.15) is 0 Å². The molecule has 6 aromatic rings. The second-order valence-corrected chi connectivity index (χ2v) is 10.9. The van der Waals surface area contributed by atoms with Crippen LogP contribution in [0.1, 0.15) is 46.3 Å². The maximum Gasteiger partial charge on any atom is 0.269 e. The van der Waals surface area contributed by atoms with E-state index >= 15 is 0 Å². The minimum absolute atomic E-state index is 0.000366. The summed E-state index contributed by atoms with van der Waals surface area (Å²) in [5.41, 5.74) is 4.55. The van der Waals surface area contributed by atoms with Gasteiger partial charge in [0.25, 0.3) is 11.6 Å². The van der Waals surface area contributed by atoms with Crippen LogP contribution >= 0.6 is 0 Å². The van der Waals surface area contributed by atoms with Gasteiger partial charge >= 0.3 is 0 Å². The largest absolute Gasteiger partial charge is 0.487 e. The third kappa shape index (κ3) is 6.00. The number of likely N-dealkylation sites (tertiary alicyclic amines) is 1. The van der Waals surface area contributed by atoms with Crippen LogP contribution in [-0.2, 0) is 13.2 Å². The first kappa shape index (κ1) is 28.0. The summed E-state index contributed by atoms with van der Waals surface area (Å²) in [5.74, 6) is 2.04. The molecule has 0 bridgehead atoms. The molecule has 3 aromatic carbocycles. The van der Waals surface area contributed by atoms with Crippen molar-refractivity contribution >= 4 is 22.6 Å². The van der Waals surface area contributed by atoms with Crippen LogP contribution in [0.3, 0.4) is 0 Å². The van der Waals surface area contributed by atoms with Gasteiger partial charge in [-0.05, 0) is 37.1 Å². The monoisotopic (exact) mass is 604 g/mol. The van der Waals surface area contributed by atoms with Crippen molar-refractivity contribution in [1.82, 2.24) is 35.0 Å². The number of piperidine rings is 1. The first-order chi connectivity index (χ1) is 22.0. The number of fused-ring (bicyclic) bond motifs is 1. The van der Waals surface area contributed by atoms with Crippen molar-refractivity contribution in [3.05, 3.63) is 118 Å². The highest BCUT2D eigenvalue weighted by atomic mass is 16.6. The summed E-state index contributed by atoms with van der Waals surface area (Å²) >= 11 is 0. The Labute approximate surface area is 256 Å². The maximum atomic E-state index is 13.6. The second kappa shape index (κ2) is 12.0. The number of nitrogens with one attached hydrogen (secondary N) is 1. The fourth-order valence-electron chi connectivity index (χ4n) is 5.54. The Balaban J connectivity index is 0.938. The quantitative estimate of drug-likeness (QED) is 0.169. The summed E-state index contributed by atoms with van der Waals surface area (Å²) in [5, 5.41) is 23.4. The number of aromatic nitrogens is 6. The van der Waals surface area contributed by atoms with Gasteiger partial charge in [-0.1, -0.05) is 46.8 Å². The number of rotatable bonds is 9. The summed E-state index contributed by atoms with van der Waals surface area (Å²) in [7, 11) is 0. The number of nitro benzene ring substituents is 1. The van der Waals surface area contributed by atoms with Crippen LogP contribution in [0.4, 0.5) is 5.69 Å². The molecule has 1 N–H and O–H groups in total. The van der Waals surface area contributed by atoms with Crippen molar-refractivity contribution < 1.29 is 19.0 Å². The SMILES string of the molecule is O=C(c1cccc2[nH]c(-c3ccccc3)nc12)N1CCC(c2cc(Cn3cc(COc4ccc([N+](=O)[O-])cc4)nn3)on2)CC1. The molecule has 7 rings (SSSR count). The molecular formula is C32H28N8O5. The third-order valence-electron chi connectivity index (χ3n) is 7.91. The molecule has 0 saturated carbocycles. The topological polar surface area (TPSA) is 158 Å². The Morgan fingerprint density at radius 3 is 2.62 bits per heavy atom. The summed E-state index contributed by atoms with van der Waals surface area (Å²) in [4.78, 5) is 33.9. The lowest BCUT2D eigenvalue weighted by atomic mass is 9.93. The molecule has 0 radical (unpaired) electrons. The zero-order valence-corrected chi connectivity index (χ0v) is 24.1. The number of hydrogen-bond donors (Lipinski definition) is 1. The Morgan fingerprint density at radius 1 is 1.04 bits per heavy atom. The highest BCUT2D eigenvalue weighted by molar-refractivity contribution is 6.05. The molecule has 226 valence electrons. The number of nitro groups is 1. The predicted octanol–water partition coefficient (Wildman–Crippen LogP) is 5.36. The van der Waals surface area contributed by atoms with Crippen molar-refractivity contribution in [1.29, 1.82) is 0 Å². The lowest BCUT2D eigenvalue weighted by Crippen LogP contribution is -2.38. The summed E-state index contributed by atoms with van der Waals surface area (Å²) in [6, 6.07) is 23.3. The first-order valence-electron chi connectivity index (χ1n) is 14.6. The summed E-state index contributed by atoms with van der Waals surface area (Å²) < 4.78 is 12.9. The van der Waals surface area contributed by atoms with Crippen molar-refractivity contribution in [2.75, 3.05) is 13.1 Å². The number of H-pyrrole nitrogens is 1. The summed E-state index contributed by atoms with van der Waals surface area (Å²) in [6.07, 6.45) is 3.30. The van der Waals surface area contributed by atoms with Crippen LogP contribution in [0.5, 0.6) is 5.75 Å².